The number of hydrogen-bond acceptors (Lipinski definition) is 5. The highest BCUT2D eigenvalue weighted by molar-refractivity contribution is 7.92. The Morgan fingerprint density at radius 3 is 1.98 bits per heavy atom. The topological polar surface area (TPSA) is 62.0 Å². The molecule has 0 radical (unpaired) electrons. The lowest BCUT2D eigenvalue weighted by Crippen LogP contribution is -2.50. The van der Waals surface area contributed by atoms with Crippen LogP contribution in [0.3, 0.4) is 0 Å². The first kappa shape index (κ1) is 40.9. The highest BCUT2D eigenvalue weighted by Crippen LogP contribution is 2.50. The SMILES string of the molecule is CCCCCCCCCCCCCCCCCC[N+]1(C)C(C2=CC(C)(C)[N+](CC)=c3cc4c(cc32)=Nc2cc3c(cc2O4)N(C)C(C)(C)CC3C)S1(=O)=O. The first-order valence-electron chi connectivity index (χ1n) is 21.8. The van der Waals surface area contributed by atoms with E-state index in [0.717, 1.165) is 64.8 Å². The van der Waals surface area contributed by atoms with Gasteiger partial charge in [-0.05, 0) is 69.7 Å². The third-order valence-corrected chi connectivity index (χ3v) is 16.0. The summed E-state index contributed by atoms with van der Waals surface area (Å²) in [5, 5.41) is 1.25. The van der Waals surface area contributed by atoms with E-state index in [1.807, 2.05) is 7.05 Å². The number of likely N-dealkylation sites (N-methyl/N-ethyl adjacent to an activating group) is 2. The van der Waals surface area contributed by atoms with Crippen LogP contribution in [0.15, 0.2) is 35.3 Å². The van der Waals surface area contributed by atoms with Crippen LogP contribution in [0.2, 0.25) is 0 Å². The molecule has 2 aromatic rings. The van der Waals surface area contributed by atoms with Gasteiger partial charge in [0.25, 0.3) is 5.37 Å². The van der Waals surface area contributed by atoms with Crippen molar-refractivity contribution in [3.63, 3.8) is 0 Å². The van der Waals surface area contributed by atoms with Crippen LogP contribution < -0.4 is 24.9 Å². The molecule has 6 rings (SSSR count). The van der Waals surface area contributed by atoms with Crippen LogP contribution in [0.5, 0.6) is 11.5 Å². The van der Waals surface area contributed by atoms with E-state index in [0.29, 0.717) is 12.5 Å². The van der Waals surface area contributed by atoms with Crippen LogP contribution in [0.4, 0.5) is 11.4 Å². The van der Waals surface area contributed by atoms with E-state index in [9.17, 15) is 8.42 Å². The molecule has 298 valence electrons. The minimum Gasteiger partial charge on any atom is -0.452 e. The summed E-state index contributed by atoms with van der Waals surface area (Å²) in [7, 11) is 0.764. The Labute approximate surface area is 328 Å². The monoisotopic (exact) mass is 761 g/mol. The third kappa shape index (κ3) is 8.08. The van der Waals surface area contributed by atoms with Crippen molar-refractivity contribution in [2.45, 2.75) is 180 Å². The summed E-state index contributed by atoms with van der Waals surface area (Å²) in [5.41, 5.74) is 4.95. The molecule has 7 nitrogen and oxygen atoms in total. The average molecular weight is 761 g/mol. The molecule has 4 aliphatic heterocycles. The van der Waals surface area contributed by atoms with Crippen LogP contribution in [-0.4, -0.2) is 55.9 Å². The van der Waals surface area contributed by atoms with E-state index in [1.54, 1.807) is 0 Å². The second kappa shape index (κ2) is 16.4. The summed E-state index contributed by atoms with van der Waals surface area (Å²) in [6.07, 6.45) is 24.3. The number of fused-ring (bicyclic) bond motifs is 4. The van der Waals surface area contributed by atoms with Crippen LogP contribution in [-0.2, 0) is 10.0 Å². The molecule has 0 amide bonds. The summed E-state index contributed by atoms with van der Waals surface area (Å²) in [4.78, 5) is 7.55. The number of sulfonamides is 1. The van der Waals surface area contributed by atoms with Crippen molar-refractivity contribution in [3.8, 4) is 11.5 Å². The molecule has 2 aromatic carbocycles. The predicted octanol–water partition coefficient (Wildman–Crippen LogP) is 10.5. The van der Waals surface area contributed by atoms with E-state index in [4.69, 9.17) is 9.73 Å². The van der Waals surface area contributed by atoms with Gasteiger partial charge in [-0.3, -0.25) is 0 Å². The molecule has 3 atom stereocenters. The molecule has 0 N–H and O–H groups in total. The summed E-state index contributed by atoms with van der Waals surface area (Å²) < 4.78 is 37.0. The standard InChI is InChI=1S/C46H72N4O3S/c1-10-12-13-14-15-16-17-18-19-20-21-22-23-24-25-26-27-50(9)44(54(50,51)52)37-33-46(6,7)49(11-2)41-31-43-39(29-36(37)41)47-38-28-35-34(3)32-45(4,5)48(8)40(35)30-42(38)53-43/h28-31,33-34,44H,10-27,32H2,1-9H3/q+2. The largest absolute Gasteiger partial charge is 0.452 e. The van der Waals surface area contributed by atoms with Crippen molar-refractivity contribution in [3.05, 3.63) is 52.2 Å². The fourth-order valence-corrected chi connectivity index (χ4v) is 12.1. The summed E-state index contributed by atoms with van der Waals surface area (Å²) in [6, 6.07) is 8.58. The maximum Gasteiger partial charge on any atom is 0.357 e. The van der Waals surface area contributed by atoms with Crippen LogP contribution in [0.1, 0.15) is 175 Å². The molecule has 0 saturated carbocycles. The zero-order chi connectivity index (χ0) is 38.9. The minimum absolute atomic E-state index is 0.0570. The molecule has 1 fully saturated rings. The molecule has 8 heteroatoms. The molecule has 1 saturated heterocycles. The van der Waals surface area contributed by atoms with Crippen molar-refractivity contribution in [2.24, 2.45) is 4.99 Å². The normalized spacial score (nSPS) is 24.1. The Hall–Kier alpha value is -2.71. The lowest BCUT2D eigenvalue weighted by atomic mass is 9.80. The number of quaternary nitrogens is 1. The van der Waals surface area contributed by atoms with Crippen molar-refractivity contribution in [1.82, 2.24) is 4.58 Å². The number of benzene rings is 2. The number of anilines is 1. The van der Waals surface area contributed by atoms with Crippen molar-refractivity contribution >= 4 is 27.0 Å². The summed E-state index contributed by atoms with van der Waals surface area (Å²) in [5.74, 6) is 1.92. The molecule has 0 aliphatic carbocycles. The Balaban J connectivity index is 1.10. The van der Waals surface area contributed by atoms with Gasteiger partial charge in [-0.2, -0.15) is 12.3 Å². The molecule has 54 heavy (non-hydrogen) atoms. The smallest absolute Gasteiger partial charge is 0.357 e. The van der Waals surface area contributed by atoms with Gasteiger partial charge in [-0.1, -0.05) is 104 Å². The lowest BCUT2D eigenvalue weighted by molar-refractivity contribution is -0.722. The maximum absolute atomic E-state index is 13.9. The van der Waals surface area contributed by atoms with Gasteiger partial charge >= 0.3 is 10.0 Å². The van der Waals surface area contributed by atoms with Gasteiger partial charge in [0.15, 0.2) is 17.0 Å². The molecular weight excluding hydrogens is 689 g/mol. The number of unbranched alkanes of at least 4 members (excludes halogenated alkanes) is 15. The van der Waals surface area contributed by atoms with Crippen molar-refractivity contribution in [2.75, 3.05) is 32.1 Å². The first-order chi connectivity index (χ1) is 25.7. The predicted molar refractivity (Wildman–Crippen MR) is 226 cm³/mol. The number of ether oxygens (including phenoxy) is 1. The summed E-state index contributed by atoms with van der Waals surface area (Å²) >= 11 is 0. The molecule has 0 spiro atoms. The van der Waals surface area contributed by atoms with Gasteiger partial charge in [-0.15, -0.1) is 0 Å². The second-order valence-electron chi connectivity index (χ2n) is 18.5. The lowest BCUT2D eigenvalue weighted by Gasteiger charge is -2.45. The van der Waals surface area contributed by atoms with Gasteiger partial charge < -0.3 is 9.64 Å². The van der Waals surface area contributed by atoms with E-state index < -0.39 is 15.4 Å². The van der Waals surface area contributed by atoms with Crippen LogP contribution >= 0.6 is 0 Å². The van der Waals surface area contributed by atoms with E-state index >= 15 is 0 Å². The number of nitrogens with zero attached hydrogens (tertiary/aromatic N) is 4. The van der Waals surface area contributed by atoms with Gasteiger partial charge in [0.2, 0.25) is 5.36 Å². The molecular formula is C46H72N4O3S+2. The van der Waals surface area contributed by atoms with E-state index in [1.165, 1.54) is 101 Å². The molecule has 4 aliphatic rings. The average Bonchev–Trinajstić information content (AvgIpc) is 3.56. The number of rotatable bonds is 19. The second-order valence-corrected chi connectivity index (χ2v) is 20.8. The third-order valence-electron chi connectivity index (χ3n) is 13.4. The van der Waals surface area contributed by atoms with Gasteiger partial charge in [0.1, 0.15) is 17.6 Å². The van der Waals surface area contributed by atoms with Gasteiger partial charge in [0, 0.05) is 43.8 Å². The molecule has 3 unspecified atom stereocenters. The molecule has 0 aromatic heterocycles. The van der Waals surface area contributed by atoms with E-state index in [2.05, 4.69) is 95.3 Å². The first-order valence-corrected chi connectivity index (χ1v) is 23.3. The quantitative estimate of drug-likeness (QED) is 0.0528. The highest BCUT2D eigenvalue weighted by atomic mass is 32.2. The Kier molecular flexibility index (Phi) is 12.4. The van der Waals surface area contributed by atoms with Crippen LogP contribution in [0.25, 0.3) is 5.57 Å². The zero-order valence-electron chi connectivity index (χ0n) is 35.4. The Morgan fingerprint density at radius 2 is 1.41 bits per heavy atom. The van der Waals surface area contributed by atoms with E-state index in [-0.39, 0.29) is 15.0 Å². The molecule has 0 bridgehead atoms. The highest BCUT2D eigenvalue weighted by Gasteiger charge is 2.73. The van der Waals surface area contributed by atoms with Crippen molar-refractivity contribution < 1.29 is 17.0 Å². The maximum atomic E-state index is 13.9. The Bertz CT molecular complexity index is 1950. The van der Waals surface area contributed by atoms with Gasteiger partial charge in [-0.25, -0.2) is 9.57 Å². The van der Waals surface area contributed by atoms with Crippen LogP contribution in [0, 0.1) is 0 Å². The summed E-state index contributed by atoms with van der Waals surface area (Å²) in [6.45, 7) is 17.2. The van der Waals surface area contributed by atoms with Gasteiger partial charge in [0.05, 0.1) is 25.2 Å². The molecule has 4 heterocycles. The fourth-order valence-electron chi connectivity index (χ4n) is 9.91. The van der Waals surface area contributed by atoms with Crippen molar-refractivity contribution in [1.29, 1.82) is 0 Å². The Morgan fingerprint density at radius 1 is 0.833 bits per heavy atom. The zero-order valence-corrected chi connectivity index (χ0v) is 36.2. The number of hydrogen-bond donors (Lipinski definition) is 0. The fraction of sp³-hybridized carbons (Fsp3) is 0.696. The minimum atomic E-state index is -3.35.